The van der Waals surface area contributed by atoms with E-state index in [0.29, 0.717) is 6.54 Å². The molecule has 0 aliphatic carbocycles. The maximum Gasteiger partial charge on any atom is 0.245 e. The van der Waals surface area contributed by atoms with Crippen LogP contribution in [0.1, 0.15) is 4.88 Å². The molecule has 6 heteroatoms. The first-order valence-electron chi connectivity index (χ1n) is 3.29. The van der Waals surface area contributed by atoms with Gasteiger partial charge in [-0.1, -0.05) is 0 Å². The Hall–Kier alpha value is -0.980. The van der Waals surface area contributed by atoms with Crippen molar-refractivity contribution in [2.75, 3.05) is 6.61 Å². The lowest BCUT2D eigenvalue weighted by molar-refractivity contribution is -0.125. The third kappa shape index (κ3) is 3.42. The standard InChI is InChI=1S/C6H9N3O2S/c7-6(10)3-11-9-2-5-1-8-4-12-5/h1,4,9H,2-3H2,(H2,7,10). The Morgan fingerprint density at radius 2 is 2.67 bits per heavy atom. The van der Waals surface area contributed by atoms with Crippen molar-refractivity contribution >= 4 is 17.2 Å². The Balaban J connectivity index is 2.07. The number of thiazole rings is 1. The second-order valence-electron chi connectivity index (χ2n) is 2.04. The van der Waals surface area contributed by atoms with Gasteiger partial charge in [-0.15, -0.1) is 11.3 Å². The number of hydrogen-bond acceptors (Lipinski definition) is 5. The molecule has 0 saturated carbocycles. The van der Waals surface area contributed by atoms with Crippen LogP contribution in [0, 0.1) is 0 Å². The Morgan fingerprint density at radius 3 is 3.25 bits per heavy atom. The van der Waals surface area contributed by atoms with Crippen LogP contribution >= 0.6 is 11.3 Å². The van der Waals surface area contributed by atoms with Crippen LogP contribution in [-0.2, 0) is 16.2 Å². The third-order valence-corrected chi connectivity index (χ3v) is 1.83. The Labute approximate surface area is 73.5 Å². The molecule has 12 heavy (non-hydrogen) atoms. The lowest BCUT2D eigenvalue weighted by Crippen LogP contribution is -2.24. The van der Waals surface area contributed by atoms with Crippen molar-refractivity contribution in [1.29, 1.82) is 0 Å². The zero-order valence-electron chi connectivity index (χ0n) is 6.32. The van der Waals surface area contributed by atoms with Crippen LogP contribution < -0.4 is 11.2 Å². The molecule has 0 bridgehead atoms. The molecule has 1 aromatic rings. The van der Waals surface area contributed by atoms with Gasteiger partial charge in [0.15, 0.2) is 0 Å². The van der Waals surface area contributed by atoms with Crippen LogP contribution in [0.15, 0.2) is 11.7 Å². The molecule has 0 aliphatic rings. The second-order valence-corrected chi connectivity index (χ2v) is 3.01. The monoisotopic (exact) mass is 187 g/mol. The first-order valence-corrected chi connectivity index (χ1v) is 4.17. The van der Waals surface area contributed by atoms with Gasteiger partial charge in [-0.25, -0.2) is 0 Å². The van der Waals surface area contributed by atoms with E-state index in [1.807, 2.05) is 0 Å². The molecule has 0 aromatic carbocycles. The molecule has 3 N–H and O–H groups in total. The fourth-order valence-corrected chi connectivity index (χ4v) is 1.09. The smallest absolute Gasteiger partial charge is 0.245 e. The van der Waals surface area contributed by atoms with E-state index in [1.165, 1.54) is 11.3 Å². The van der Waals surface area contributed by atoms with Gasteiger partial charge in [0, 0.05) is 11.1 Å². The minimum Gasteiger partial charge on any atom is -0.368 e. The van der Waals surface area contributed by atoms with Gasteiger partial charge < -0.3 is 5.73 Å². The van der Waals surface area contributed by atoms with E-state index in [0.717, 1.165) is 4.88 Å². The van der Waals surface area contributed by atoms with E-state index in [-0.39, 0.29) is 6.61 Å². The number of carbonyl (C=O) groups excluding carboxylic acids is 1. The molecule has 0 aliphatic heterocycles. The predicted octanol–water partition coefficient (Wildman–Crippen LogP) is -0.350. The fraction of sp³-hybridized carbons (Fsp3) is 0.333. The average molecular weight is 187 g/mol. The summed E-state index contributed by atoms with van der Waals surface area (Å²) in [6.07, 6.45) is 1.73. The number of amides is 1. The van der Waals surface area contributed by atoms with Gasteiger partial charge in [-0.3, -0.25) is 14.6 Å². The van der Waals surface area contributed by atoms with Crippen molar-refractivity contribution in [3.05, 3.63) is 16.6 Å². The zero-order chi connectivity index (χ0) is 8.81. The van der Waals surface area contributed by atoms with Crippen molar-refractivity contribution in [3.8, 4) is 0 Å². The summed E-state index contributed by atoms with van der Waals surface area (Å²) in [7, 11) is 0. The van der Waals surface area contributed by atoms with Crippen molar-refractivity contribution in [3.63, 3.8) is 0 Å². The maximum absolute atomic E-state index is 10.2. The van der Waals surface area contributed by atoms with E-state index in [9.17, 15) is 4.79 Å². The van der Waals surface area contributed by atoms with Gasteiger partial charge in [0.2, 0.25) is 5.91 Å². The summed E-state index contributed by atoms with van der Waals surface area (Å²) in [6, 6.07) is 0. The molecular weight excluding hydrogens is 178 g/mol. The number of nitrogens with zero attached hydrogens (tertiary/aromatic N) is 1. The number of hydrogen-bond donors (Lipinski definition) is 2. The van der Waals surface area contributed by atoms with E-state index >= 15 is 0 Å². The molecule has 1 heterocycles. The number of carbonyl (C=O) groups is 1. The molecule has 1 rings (SSSR count). The summed E-state index contributed by atoms with van der Waals surface area (Å²) in [5.41, 5.74) is 9.15. The highest BCUT2D eigenvalue weighted by Crippen LogP contribution is 2.03. The number of aromatic nitrogens is 1. The molecule has 66 valence electrons. The summed E-state index contributed by atoms with van der Waals surface area (Å²) in [4.78, 5) is 19.8. The number of nitrogens with two attached hydrogens (primary N) is 1. The van der Waals surface area contributed by atoms with Crippen LogP contribution in [0.2, 0.25) is 0 Å². The molecule has 0 unspecified atom stereocenters. The van der Waals surface area contributed by atoms with Gasteiger partial charge in [-0.2, -0.15) is 5.48 Å². The molecular formula is C6H9N3O2S. The van der Waals surface area contributed by atoms with Crippen LogP contribution in [0.3, 0.4) is 0 Å². The normalized spacial score (nSPS) is 10.0. The summed E-state index contributed by atoms with van der Waals surface area (Å²) in [5, 5.41) is 0. The number of nitrogens with one attached hydrogen (secondary N) is 1. The molecule has 0 saturated heterocycles. The minimum atomic E-state index is -0.494. The third-order valence-electron chi connectivity index (χ3n) is 1.05. The fourth-order valence-electron chi connectivity index (χ4n) is 0.574. The molecule has 1 aromatic heterocycles. The number of primary amides is 1. The largest absolute Gasteiger partial charge is 0.368 e. The van der Waals surface area contributed by atoms with Gasteiger partial charge >= 0.3 is 0 Å². The summed E-state index contributed by atoms with van der Waals surface area (Å²) < 4.78 is 0. The van der Waals surface area contributed by atoms with E-state index < -0.39 is 5.91 Å². The van der Waals surface area contributed by atoms with Gasteiger partial charge in [0.05, 0.1) is 12.1 Å². The lowest BCUT2D eigenvalue weighted by Gasteiger charge is -2.00. The van der Waals surface area contributed by atoms with Crippen molar-refractivity contribution in [2.24, 2.45) is 5.73 Å². The highest BCUT2D eigenvalue weighted by molar-refractivity contribution is 7.09. The lowest BCUT2D eigenvalue weighted by atomic mass is 10.6. The van der Waals surface area contributed by atoms with Gasteiger partial charge in [0.25, 0.3) is 0 Å². The first kappa shape index (κ1) is 9.11. The number of rotatable bonds is 5. The molecule has 1 amide bonds. The average Bonchev–Trinajstić information content (AvgIpc) is 2.49. The SMILES string of the molecule is NC(=O)CONCc1cncs1. The quantitative estimate of drug-likeness (QED) is 0.488. The first-order chi connectivity index (χ1) is 5.79. The zero-order valence-corrected chi connectivity index (χ0v) is 7.13. The molecule has 0 atom stereocenters. The molecule has 0 radical (unpaired) electrons. The van der Waals surface area contributed by atoms with E-state index in [1.54, 1.807) is 11.7 Å². The van der Waals surface area contributed by atoms with E-state index in [4.69, 9.17) is 10.6 Å². The van der Waals surface area contributed by atoms with Crippen LogP contribution in [0.4, 0.5) is 0 Å². The molecule has 0 fully saturated rings. The van der Waals surface area contributed by atoms with Crippen LogP contribution in [0.25, 0.3) is 0 Å². The highest BCUT2D eigenvalue weighted by Gasteiger charge is 1.95. The summed E-state index contributed by atoms with van der Waals surface area (Å²) in [5.74, 6) is -0.494. The Morgan fingerprint density at radius 1 is 1.83 bits per heavy atom. The second kappa shape index (κ2) is 4.81. The molecule has 0 spiro atoms. The Bertz CT molecular complexity index is 237. The summed E-state index contributed by atoms with van der Waals surface area (Å²) >= 11 is 1.51. The predicted molar refractivity (Wildman–Crippen MR) is 44.1 cm³/mol. The van der Waals surface area contributed by atoms with Gasteiger partial charge in [-0.05, 0) is 0 Å². The van der Waals surface area contributed by atoms with E-state index in [2.05, 4.69) is 10.5 Å². The topological polar surface area (TPSA) is 77.2 Å². The van der Waals surface area contributed by atoms with Gasteiger partial charge in [0.1, 0.15) is 6.61 Å². The minimum absolute atomic E-state index is 0.112. The number of hydroxylamine groups is 1. The maximum atomic E-state index is 10.2. The van der Waals surface area contributed by atoms with Crippen molar-refractivity contribution < 1.29 is 9.63 Å². The van der Waals surface area contributed by atoms with Crippen molar-refractivity contribution in [2.45, 2.75) is 6.54 Å². The summed E-state index contributed by atoms with van der Waals surface area (Å²) in [6.45, 7) is 0.427. The Kier molecular flexibility index (Phi) is 3.65. The van der Waals surface area contributed by atoms with Crippen molar-refractivity contribution in [1.82, 2.24) is 10.5 Å². The van der Waals surface area contributed by atoms with Crippen LogP contribution in [-0.4, -0.2) is 17.5 Å². The van der Waals surface area contributed by atoms with Crippen LogP contribution in [0.5, 0.6) is 0 Å². The molecule has 5 nitrogen and oxygen atoms in total. The highest BCUT2D eigenvalue weighted by atomic mass is 32.1.